The van der Waals surface area contributed by atoms with Gasteiger partial charge in [-0.1, -0.05) is 44.5 Å². The highest BCUT2D eigenvalue weighted by Crippen LogP contribution is 2.29. The third-order valence-corrected chi connectivity index (χ3v) is 3.31. The molecule has 1 unspecified atom stereocenters. The van der Waals surface area contributed by atoms with Crippen molar-refractivity contribution in [3.05, 3.63) is 34.9 Å². The minimum atomic E-state index is -0.353. The highest BCUT2D eigenvalue weighted by molar-refractivity contribution is 6.30. The minimum absolute atomic E-state index is 0.0398. The minimum Gasteiger partial charge on any atom is -0.348 e. The van der Waals surface area contributed by atoms with Crippen LogP contribution >= 0.6 is 11.6 Å². The van der Waals surface area contributed by atoms with Gasteiger partial charge in [0.2, 0.25) is 11.8 Å². The maximum atomic E-state index is 12.0. The van der Waals surface area contributed by atoms with Crippen molar-refractivity contribution in [2.24, 2.45) is 11.1 Å². The van der Waals surface area contributed by atoms with E-state index in [9.17, 15) is 9.59 Å². The molecule has 0 bridgehead atoms. The van der Waals surface area contributed by atoms with Gasteiger partial charge in [-0.3, -0.25) is 9.59 Å². The molecule has 0 fully saturated rings. The van der Waals surface area contributed by atoms with Crippen molar-refractivity contribution in [1.29, 1.82) is 0 Å². The van der Waals surface area contributed by atoms with Crippen molar-refractivity contribution in [1.82, 2.24) is 10.6 Å². The Kier molecular flexibility index (Phi) is 6.84. The van der Waals surface area contributed by atoms with Gasteiger partial charge >= 0.3 is 0 Å². The lowest BCUT2D eigenvalue weighted by Gasteiger charge is -2.27. The summed E-state index contributed by atoms with van der Waals surface area (Å²) < 4.78 is 0. The molecule has 0 aromatic heterocycles. The standard InChI is InChI=1S/C16H24ClN3O2/c1-16(2,3)8-13(11-4-6-12(17)7-5-11)20-15(22)10-19-14(21)9-18/h4-7,13H,8-10,18H2,1-3H3,(H,19,21)(H,20,22). The van der Waals surface area contributed by atoms with Crippen LogP contribution in [-0.2, 0) is 9.59 Å². The Balaban J connectivity index is 2.76. The number of hydrogen-bond acceptors (Lipinski definition) is 3. The third-order valence-electron chi connectivity index (χ3n) is 3.06. The van der Waals surface area contributed by atoms with Crippen LogP contribution in [-0.4, -0.2) is 24.9 Å². The smallest absolute Gasteiger partial charge is 0.239 e. The number of amides is 2. The maximum absolute atomic E-state index is 12.0. The number of carbonyl (C=O) groups is 2. The summed E-state index contributed by atoms with van der Waals surface area (Å²) in [5, 5.41) is 6.07. The summed E-state index contributed by atoms with van der Waals surface area (Å²) in [5.41, 5.74) is 6.22. The van der Waals surface area contributed by atoms with Gasteiger partial charge in [-0.05, 0) is 29.5 Å². The first kappa shape index (κ1) is 18.5. The zero-order chi connectivity index (χ0) is 16.8. The molecule has 2 amide bonds. The Bertz CT molecular complexity index is 509. The number of nitrogens with one attached hydrogen (secondary N) is 2. The number of carbonyl (C=O) groups excluding carboxylic acids is 2. The quantitative estimate of drug-likeness (QED) is 0.748. The van der Waals surface area contributed by atoms with Gasteiger partial charge < -0.3 is 16.4 Å². The fourth-order valence-electron chi connectivity index (χ4n) is 2.06. The lowest BCUT2D eigenvalue weighted by Crippen LogP contribution is -2.41. The van der Waals surface area contributed by atoms with E-state index in [1.54, 1.807) is 12.1 Å². The summed E-state index contributed by atoms with van der Waals surface area (Å²) in [4.78, 5) is 23.1. The first-order chi connectivity index (χ1) is 10.2. The molecule has 0 aliphatic heterocycles. The molecule has 6 heteroatoms. The van der Waals surface area contributed by atoms with Crippen molar-refractivity contribution in [3.63, 3.8) is 0 Å². The predicted octanol–water partition coefficient (Wildman–Crippen LogP) is 2.01. The predicted molar refractivity (Wildman–Crippen MR) is 88.5 cm³/mol. The Labute approximate surface area is 136 Å². The molecule has 0 aliphatic carbocycles. The Morgan fingerprint density at radius 1 is 1.18 bits per heavy atom. The summed E-state index contributed by atoms with van der Waals surface area (Å²) in [6, 6.07) is 7.26. The summed E-state index contributed by atoms with van der Waals surface area (Å²) >= 11 is 5.91. The Morgan fingerprint density at radius 3 is 2.27 bits per heavy atom. The molecule has 22 heavy (non-hydrogen) atoms. The van der Waals surface area contributed by atoms with Gasteiger partial charge in [0.05, 0.1) is 19.1 Å². The van der Waals surface area contributed by atoms with Crippen molar-refractivity contribution in [2.45, 2.75) is 33.2 Å². The molecule has 5 nitrogen and oxygen atoms in total. The van der Waals surface area contributed by atoms with E-state index in [0.717, 1.165) is 12.0 Å². The maximum Gasteiger partial charge on any atom is 0.239 e. The van der Waals surface area contributed by atoms with Crippen LogP contribution in [0.1, 0.15) is 38.8 Å². The van der Waals surface area contributed by atoms with Gasteiger partial charge in [0, 0.05) is 5.02 Å². The van der Waals surface area contributed by atoms with Crippen molar-refractivity contribution in [2.75, 3.05) is 13.1 Å². The monoisotopic (exact) mass is 325 g/mol. The summed E-state index contributed by atoms with van der Waals surface area (Å²) in [7, 11) is 0. The Morgan fingerprint density at radius 2 is 1.77 bits per heavy atom. The number of benzene rings is 1. The second-order valence-electron chi connectivity index (χ2n) is 6.42. The van der Waals surface area contributed by atoms with Crippen LogP contribution in [0, 0.1) is 5.41 Å². The largest absolute Gasteiger partial charge is 0.348 e. The molecule has 1 aromatic carbocycles. The second-order valence-corrected chi connectivity index (χ2v) is 6.85. The molecule has 0 spiro atoms. The van der Waals surface area contributed by atoms with Gasteiger partial charge in [-0.2, -0.15) is 0 Å². The first-order valence-corrected chi connectivity index (χ1v) is 7.60. The zero-order valence-corrected chi connectivity index (χ0v) is 14.0. The molecule has 1 atom stereocenters. The summed E-state index contributed by atoms with van der Waals surface area (Å²) in [6.07, 6.45) is 0.769. The van der Waals surface area contributed by atoms with Gasteiger partial charge in [-0.25, -0.2) is 0 Å². The normalized spacial score (nSPS) is 12.6. The molecule has 0 heterocycles. The van der Waals surface area contributed by atoms with Crippen LogP contribution in [0.5, 0.6) is 0 Å². The van der Waals surface area contributed by atoms with Gasteiger partial charge in [0.1, 0.15) is 0 Å². The van der Waals surface area contributed by atoms with Crippen LogP contribution in [0.4, 0.5) is 0 Å². The van der Waals surface area contributed by atoms with Crippen LogP contribution in [0.3, 0.4) is 0 Å². The molecule has 0 saturated heterocycles. The van der Waals surface area contributed by atoms with E-state index in [2.05, 4.69) is 31.4 Å². The van der Waals surface area contributed by atoms with Gasteiger partial charge in [0.25, 0.3) is 0 Å². The van der Waals surface area contributed by atoms with E-state index in [-0.39, 0.29) is 36.4 Å². The first-order valence-electron chi connectivity index (χ1n) is 7.23. The molecule has 122 valence electrons. The van der Waals surface area contributed by atoms with Gasteiger partial charge in [-0.15, -0.1) is 0 Å². The SMILES string of the molecule is CC(C)(C)CC(NC(=O)CNC(=O)CN)c1ccc(Cl)cc1. The van der Waals surface area contributed by atoms with E-state index < -0.39 is 0 Å². The van der Waals surface area contributed by atoms with E-state index in [4.69, 9.17) is 17.3 Å². The molecule has 0 aliphatic rings. The van der Waals surface area contributed by atoms with E-state index >= 15 is 0 Å². The highest BCUT2D eigenvalue weighted by Gasteiger charge is 2.22. The fourth-order valence-corrected chi connectivity index (χ4v) is 2.18. The average Bonchev–Trinajstić information content (AvgIpc) is 2.43. The van der Waals surface area contributed by atoms with Crippen molar-refractivity contribution < 1.29 is 9.59 Å². The van der Waals surface area contributed by atoms with Crippen LogP contribution in [0.25, 0.3) is 0 Å². The molecule has 1 rings (SSSR count). The topological polar surface area (TPSA) is 84.2 Å². The van der Waals surface area contributed by atoms with Gasteiger partial charge in [0.15, 0.2) is 0 Å². The van der Waals surface area contributed by atoms with E-state index in [1.807, 2.05) is 12.1 Å². The van der Waals surface area contributed by atoms with Crippen molar-refractivity contribution >= 4 is 23.4 Å². The second kappa shape index (κ2) is 8.15. The lowest BCUT2D eigenvalue weighted by atomic mass is 9.85. The summed E-state index contributed by atoms with van der Waals surface area (Å²) in [5.74, 6) is -0.597. The fraction of sp³-hybridized carbons (Fsp3) is 0.500. The molecule has 1 aromatic rings. The average molecular weight is 326 g/mol. The number of hydrogen-bond donors (Lipinski definition) is 3. The summed E-state index contributed by atoms with van der Waals surface area (Å²) in [6.45, 7) is 6.12. The number of nitrogens with two attached hydrogens (primary N) is 1. The number of rotatable bonds is 6. The molecular formula is C16H24ClN3O2. The van der Waals surface area contributed by atoms with Crippen LogP contribution in [0.15, 0.2) is 24.3 Å². The third kappa shape index (κ3) is 6.91. The molecule has 4 N–H and O–H groups in total. The molecule has 0 saturated carbocycles. The van der Waals surface area contributed by atoms with E-state index in [0.29, 0.717) is 5.02 Å². The highest BCUT2D eigenvalue weighted by atomic mass is 35.5. The van der Waals surface area contributed by atoms with Crippen LogP contribution in [0.2, 0.25) is 5.02 Å². The zero-order valence-electron chi connectivity index (χ0n) is 13.3. The molecular weight excluding hydrogens is 302 g/mol. The van der Waals surface area contributed by atoms with Crippen molar-refractivity contribution in [3.8, 4) is 0 Å². The lowest BCUT2D eigenvalue weighted by molar-refractivity contribution is -0.125. The molecule has 0 radical (unpaired) electrons. The number of halogens is 1. The van der Waals surface area contributed by atoms with E-state index in [1.165, 1.54) is 0 Å². The Hall–Kier alpha value is -1.59. The van der Waals surface area contributed by atoms with Crippen LogP contribution < -0.4 is 16.4 Å².